The molecule has 4 atom stereocenters. The van der Waals surface area contributed by atoms with Crippen LogP contribution in [-0.2, 0) is 4.74 Å². The number of rotatable bonds is 4. The van der Waals surface area contributed by atoms with E-state index in [1.807, 2.05) is 0 Å². The zero-order valence-electron chi connectivity index (χ0n) is 8.83. The van der Waals surface area contributed by atoms with Crippen molar-refractivity contribution >= 4 is 0 Å². The molecule has 78 valence electrons. The maximum absolute atomic E-state index is 5.81. The molecule has 0 saturated carbocycles. The Morgan fingerprint density at radius 3 is 2.93 bits per heavy atom. The molecule has 0 aromatic rings. The summed E-state index contributed by atoms with van der Waals surface area (Å²) in [5, 5.41) is 3.43. The molecule has 2 fully saturated rings. The molecule has 4 unspecified atom stereocenters. The van der Waals surface area contributed by atoms with Gasteiger partial charge in [0.05, 0.1) is 18.2 Å². The second-order valence-electron chi connectivity index (χ2n) is 4.37. The molecule has 2 heteroatoms. The van der Waals surface area contributed by atoms with Gasteiger partial charge < -0.3 is 10.1 Å². The van der Waals surface area contributed by atoms with E-state index in [2.05, 4.69) is 18.2 Å². The predicted molar refractivity (Wildman–Crippen MR) is 56.9 cm³/mol. The molecule has 0 aromatic carbocycles. The average Bonchev–Trinajstić information content (AvgIpc) is 2.80. The average molecular weight is 193 g/mol. The Hall–Kier alpha value is -0.520. The van der Waals surface area contributed by atoms with E-state index in [1.165, 1.54) is 12.8 Å². The Labute approximate surface area is 86.4 Å². The monoisotopic (exact) mass is 193 g/mol. The highest BCUT2D eigenvalue weighted by Gasteiger charge is 2.43. The van der Waals surface area contributed by atoms with E-state index in [9.17, 15) is 0 Å². The van der Waals surface area contributed by atoms with Gasteiger partial charge in [-0.3, -0.25) is 0 Å². The molecule has 2 bridgehead atoms. The Kier molecular flexibility index (Phi) is 3.10. The number of fused-ring (bicyclic) bond motifs is 2. The lowest BCUT2D eigenvalue weighted by Gasteiger charge is -2.25. The van der Waals surface area contributed by atoms with Crippen molar-refractivity contribution in [2.45, 2.75) is 50.9 Å². The number of hydrogen-bond acceptors (Lipinski definition) is 2. The van der Waals surface area contributed by atoms with Crippen molar-refractivity contribution in [1.82, 2.24) is 5.32 Å². The number of hydrogen-bond donors (Lipinski definition) is 1. The molecule has 2 rings (SSSR count). The van der Waals surface area contributed by atoms with E-state index in [0.29, 0.717) is 18.1 Å². The van der Waals surface area contributed by atoms with Crippen LogP contribution in [0.4, 0.5) is 0 Å². The van der Waals surface area contributed by atoms with E-state index < -0.39 is 0 Å². The highest BCUT2D eigenvalue weighted by atomic mass is 16.5. The van der Waals surface area contributed by atoms with Crippen molar-refractivity contribution in [3.63, 3.8) is 0 Å². The van der Waals surface area contributed by atoms with Gasteiger partial charge in [-0.1, -0.05) is 12.8 Å². The zero-order valence-corrected chi connectivity index (χ0v) is 8.83. The molecular weight excluding hydrogens is 174 g/mol. The van der Waals surface area contributed by atoms with E-state index in [0.717, 1.165) is 19.4 Å². The second kappa shape index (κ2) is 4.33. The third-order valence-corrected chi connectivity index (χ3v) is 3.37. The molecule has 2 nitrogen and oxygen atoms in total. The maximum Gasteiger partial charge on any atom is 0.0741 e. The zero-order chi connectivity index (χ0) is 9.97. The van der Waals surface area contributed by atoms with Gasteiger partial charge in [0, 0.05) is 5.92 Å². The van der Waals surface area contributed by atoms with E-state index in [1.54, 1.807) is 0 Å². The first-order chi connectivity index (χ1) is 6.85. The van der Waals surface area contributed by atoms with Crippen LogP contribution in [0, 0.1) is 18.3 Å². The van der Waals surface area contributed by atoms with Gasteiger partial charge in [-0.25, -0.2) is 0 Å². The molecule has 0 amide bonds. The number of nitrogens with one attached hydrogen (secondary N) is 1. The van der Waals surface area contributed by atoms with Crippen LogP contribution >= 0.6 is 0 Å². The molecule has 0 aromatic heterocycles. The highest BCUT2D eigenvalue weighted by molar-refractivity contribution is 5.08. The Morgan fingerprint density at radius 1 is 1.57 bits per heavy atom. The maximum atomic E-state index is 5.81. The SMILES string of the molecule is C#CC(NCCC)C1CC2CCC1O2. The lowest BCUT2D eigenvalue weighted by molar-refractivity contribution is 0.0893. The summed E-state index contributed by atoms with van der Waals surface area (Å²) in [6, 6.07) is 0.227. The predicted octanol–water partition coefficient (Wildman–Crippen LogP) is 1.56. The molecule has 0 aliphatic carbocycles. The second-order valence-corrected chi connectivity index (χ2v) is 4.37. The van der Waals surface area contributed by atoms with Gasteiger partial charge in [0.2, 0.25) is 0 Å². The first kappa shape index (κ1) is 10.0. The lowest BCUT2D eigenvalue weighted by atomic mass is 9.84. The molecule has 2 heterocycles. The van der Waals surface area contributed by atoms with E-state index in [-0.39, 0.29) is 6.04 Å². The summed E-state index contributed by atoms with van der Waals surface area (Å²) >= 11 is 0. The summed E-state index contributed by atoms with van der Waals surface area (Å²) in [6.45, 7) is 3.18. The fraction of sp³-hybridized carbons (Fsp3) is 0.833. The third kappa shape index (κ3) is 1.80. The van der Waals surface area contributed by atoms with Crippen molar-refractivity contribution in [1.29, 1.82) is 0 Å². The molecule has 0 spiro atoms. The molecule has 2 aliphatic rings. The van der Waals surface area contributed by atoms with Crippen LogP contribution in [0.2, 0.25) is 0 Å². The van der Waals surface area contributed by atoms with Gasteiger partial charge in [-0.2, -0.15) is 0 Å². The molecule has 2 saturated heterocycles. The minimum absolute atomic E-state index is 0.227. The number of ether oxygens (including phenoxy) is 1. The lowest BCUT2D eigenvalue weighted by Crippen LogP contribution is -2.40. The molecule has 0 radical (unpaired) electrons. The van der Waals surface area contributed by atoms with Gasteiger partial charge >= 0.3 is 0 Å². The van der Waals surface area contributed by atoms with Crippen LogP contribution in [0.15, 0.2) is 0 Å². The summed E-state index contributed by atoms with van der Waals surface area (Å²) in [6.07, 6.45) is 11.3. The fourth-order valence-electron chi connectivity index (χ4n) is 2.66. The molecule has 14 heavy (non-hydrogen) atoms. The summed E-state index contributed by atoms with van der Waals surface area (Å²) in [4.78, 5) is 0. The fourth-order valence-corrected chi connectivity index (χ4v) is 2.66. The first-order valence-corrected chi connectivity index (χ1v) is 5.70. The van der Waals surface area contributed by atoms with Crippen LogP contribution < -0.4 is 5.32 Å². The van der Waals surface area contributed by atoms with Crippen molar-refractivity contribution in [2.75, 3.05) is 6.54 Å². The normalized spacial score (nSPS) is 37.0. The van der Waals surface area contributed by atoms with E-state index in [4.69, 9.17) is 11.2 Å². The summed E-state index contributed by atoms with van der Waals surface area (Å²) in [7, 11) is 0. The topological polar surface area (TPSA) is 21.3 Å². The Bertz CT molecular complexity index is 233. The van der Waals surface area contributed by atoms with Gasteiger partial charge in [0.15, 0.2) is 0 Å². The van der Waals surface area contributed by atoms with Gasteiger partial charge in [0.25, 0.3) is 0 Å². The smallest absolute Gasteiger partial charge is 0.0741 e. The van der Waals surface area contributed by atoms with Crippen LogP contribution in [0.25, 0.3) is 0 Å². The summed E-state index contributed by atoms with van der Waals surface area (Å²) in [5.74, 6) is 3.43. The Morgan fingerprint density at radius 2 is 2.43 bits per heavy atom. The quantitative estimate of drug-likeness (QED) is 0.684. The van der Waals surface area contributed by atoms with E-state index >= 15 is 0 Å². The van der Waals surface area contributed by atoms with Gasteiger partial charge in [0.1, 0.15) is 0 Å². The Balaban J connectivity index is 1.90. The van der Waals surface area contributed by atoms with Crippen molar-refractivity contribution in [3.05, 3.63) is 0 Å². The third-order valence-electron chi connectivity index (χ3n) is 3.37. The minimum Gasteiger partial charge on any atom is -0.375 e. The first-order valence-electron chi connectivity index (χ1n) is 5.70. The minimum atomic E-state index is 0.227. The van der Waals surface area contributed by atoms with Crippen LogP contribution in [-0.4, -0.2) is 24.8 Å². The molecule has 2 aliphatic heterocycles. The van der Waals surface area contributed by atoms with Gasteiger partial charge in [-0.05, 0) is 32.2 Å². The number of terminal acetylenes is 1. The largest absolute Gasteiger partial charge is 0.375 e. The van der Waals surface area contributed by atoms with Crippen LogP contribution in [0.3, 0.4) is 0 Å². The van der Waals surface area contributed by atoms with Gasteiger partial charge in [-0.15, -0.1) is 6.42 Å². The summed E-state index contributed by atoms with van der Waals surface area (Å²) < 4.78 is 5.81. The van der Waals surface area contributed by atoms with Crippen molar-refractivity contribution in [2.24, 2.45) is 5.92 Å². The highest BCUT2D eigenvalue weighted by Crippen LogP contribution is 2.40. The van der Waals surface area contributed by atoms with Crippen LogP contribution in [0.1, 0.15) is 32.6 Å². The van der Waals surface area contributed by atoms with Crippen LogP contribution in [0.5, 0.6) is 0 Å². The standard InChI is InChI=1S/C12H19NO/c1-3-7-13-11(4-2)10-8-9-5-6-12(10)14-9/h2,9-13H,3,5-8H2,1H3. The summed E-state index contributed by atoms with van der Waals surface area (Å²) in [5.41, 5.74) is 0. The van der Waals surface area contributed by atoms with Crippen molar-refractivity contribution < 1.29 is 4.74 Å². The molecular formula is C12H19NO. The van der Waals surface area contributed by atoms with Crippen molar-refractivity contribution in [3.8, 4) is 12.3 Å². The molecule has 1 N–H and O–H groups in total.